The molecule has 0 fully saturated rings. The van der Waals surface area contributed by atoms with E-state index in [-0.39, 0.29) is 5.69 Å². The Kier molecular flexibility index (Phi) is 1.59. The minimum Gasteiger partial charge on any atom is -0.476 e. The fraction of sp³-hybridized carbons (Fsp3) is 0.222. The third-order valence-corrected chi connectivity index (χ3v) is 2.58. The van der Waals surface area contributed by atoms with E-state index in [1.165, 1.54) is 0 Å². The van der Waals surface area contributed by atoms with Crippen LogP contribution in [0.1, 0.15) is 21.9 Å². The van der Waals surface area contributed by atoms with Gasteiger partial charge in [0.2, 0.25) is 5.69 Å². The van der Waals surface area contributed by atoms with Crippen LogP contribution >= 0.6 is 0 Å². The molecule has 0 atom stereocenters. The van der Waals surface area contributed by atoms with Crippen molar-refractivity contribution in [2.45, 2.75) is 13.5 Å². The Morgan fingerprint density at radius 3 is 3.12 bits per heavy atom. The van der Waals surface area contributed by atoms with Crippen molar-refractivity contribution in [1.29, 1.82) is 0 Å². The van der Waals surface area contributed by atoms with Crippen LogP contribution in [0, 0.1) is 6.92 Å². The van der Waals surface area contributed by atoms with Crippen molar-refractivity contribution in [1.82, 2.24) is 15.4 Å². The van der Waals surface area contributed by atoms with E-state index in [2.05, 4.69) is 20.7 Å². The topological polar surface area (TPSA) is 104 Å². The molecule has 0 saturated carbocycles. The Hall–Kier alpha value is -2.31. The van der Waals surface area contributed by atoms with Gasteiger partial charge in [0, 0.05) is 5.69 Å². The van der Waals surface area contributed by atoms with Gasteiger partial charge in [-0.05, 0) is 6.92 Å². The van der Waals surface area contributed by atoms with Gasteiger partial charge < -0.3 is 14.9 Å². The molecule has 0 aromatic carbocycles. The molecule has 2 aromatic heterocycles. The lowest BCUT2D eigenvalue weighted by Crippen LogP contribution is -2.10. The largest absolute Gasteiger partial charge is 0.476 e. The lowest BCUT2D eigenvalue weighted by molar-refractivity contribution is 0.0687. The third kappa shape index (κ3) is 0.992. The van der Waals surface area contributed by atoms with Gasteiger partial charge in [0.25, 0.3) is 0 Å². The molecular formula is C9H8N4O3. The zero-order valence-corrected chi connectivity index (χ0v) is 8.37. The van der Waals surface area contributed by atoms with Crippen molar-refractivity contribution in [2.75, 3.05) is 5.32 Å². The van der Waals surface area contributed by atoms with E-state index >= 15 is 0 Å². The molecule has 82 valence electrons. The summed E-state index contributed by atoms with van der Waals surface area (Å²) in [5.74, 6) is -0.674. The number of nitrogens with one attached hydrogen (secondary N) is 2. The van der Waals surface area contributed by atoms with Crippen LogP contribution in [-0.4, -0.2) is 26.4 Å². The average Bonchev–Trinajstić information content (AvgIpc) is 2.81. The summed E-state index contributed by atoms with van der Waals surface area (Å²) >= 11 is 0. The first kappa shape index (κ1) is 8.96. The number of anilines is 1. The summed E-state index contributed by atoms with van der Waals surface area (Å²) in [7, 11) is 0. The van der Waals surface area contributed by atoms with E-state index in [1.54, 1.807) is 0 Å². The molecule has 1 aliphatic rings. The normalized spacial score (nSPS) is 12.8. The summed E-state index contributed by atoms with van der Waals surface area (Å²) in [5.41, 5.74) is 2.77. The van der Waals surface area contributed by atoms with Crippen molar-refractivity contribution >= 4 is 11.7 Å². The highest BCUT2D eigenvalue weighted by molar-refractivity contribution is 5.97. The van der Waals surface area contributed by atoms with Gasteiger partial charge in [0.1, 0.15) is 5.69 Å². The number of carbonyl (C=O) groups is 1. The van der Waals surface area contributed by atoms with Gasteiger partial charge in [0.15, 0.2) is 5.76 Å². The lowest BCUT2D eigenvalue weighted by atomic mass is 10.1. The summed E-state index contributed by atoms with van der Waals surface area (Å²) < 4.78 is 5.06. The Morgan fingerprint density at radius 1 is 1.56 bits per heavy atom. The molecule has 2 aromatic rings. The molecule has 0 aliphatic carbocycles. The third-order valence-electron chi connectivity index (χ3n) is 2.58. The molecule has 0 radical (unpaired) electrons. The molecule has 0 saturated heterocycles. The molecule has 16 heavy (non-hydrogen) atoms. The minimum atomic E-state index is -1.11. The molecule has 7 nitrogen and oxygen atoms in total. The molecule has 0 bridgehead atoms. The zero-order chi connectivity index (χ0) is 11.3. The number of aromatic carboxylic acids is 1. The lowest BCUT2D eigenvalue weighted by Gasteiger charge is -2.11. The molecule has 3 heterocycles. The van der Waals surface area contributed by atoms with E-state index in [9.17, 15) is 4.79 Å². The van der Waals surface area contributed by atoms with E-state index < -0.39 is 5.97 Å². The maximum Gasteiger partial charge on any atom is 0.360 e. The predicted octanol–water partition coefficient (Wildman–Crippen LogP) is 0.997. The van der Waals surface area contributed by atoms with Crippen molar-refractivity contribution in [2.24, 2.45) is 0 Å². The average molecular weight is 220 g/mol. The van der Waals surface area contributed by atoms with Crippen LogP contribution in [-0.2, 0) is 6.54 Å². The number of H-pyrrole nitrogens is 1. The molecule has 3 rings (SSSR count). The van der Waals surface area contributed by atoms with E-state index in [0.29, 0.717) is 18.0 Å². The number of hydrogen-bond donors (Lipinski definition) is 3. The highest BCUT2D eigenvalue weighted by Crippen LogP contribution is 2.38. The molecule has 1 aliphatic heterocycles. The number of nitrogens with zero attached hydrogens (tertiary/aromatic N) is 2. The predicted molar refractivity (Wildman–Crippen MR) is 53.1 cm³/mol. The number of aryl methyl sites for hydroxylation is 1. The Balaban J connectivity index is 2.26. The van der Waals surface area contributed by atoms with Gasteiger partial charge in [-0.2, -0.15) is 5.10 Å². The van der Waals surface area contributed by atoms with Crippen LogP contribution in [0.3, 0.4) is 0 Å². The Bertz CT molecular complexity index is 584. The van der Waals surface area contributed by atoms with Gasteiger partial charge in [-0.15, -0.1) is 0 Å². The van der Waals surface area contributed by atoms with Crippen molar-refractivity contribution in [3.8, 4) is 11.3 Å². The van der Waals surface area contributed by atoms with Crippen LogP contribution in [0.5, 0.6) is 0 Å². The fourth-order valence-corrected chi connectivity index (χ4v) is 1.85. The number of aromatic nitrogens is 3. The minimum absolute atomic E-state index is 0.0961. The molecule has 0 spiro atoms. The quantitative estimate of drug-likeness (QED) is 0.662. The first-order chi connectivity index (χ1) is 7.68. The summed E-state index contributed by atoms with van der Waals surface area (Å²) in [4.78, 5) is 10.9. The smallest absolute Gasteiger partial charge is 0.360 e. The first-order valence-electron chi connectivity index (χ1n) is 4.69. The van der Waals surface area contributed by atoms with Crippen LogP contribution in [0.4, 0.5) is 5.69 Å². The highest BCUT2D eigenvalue weighted by Gasteiger charge is 2.30. The Morgan fingerprint density at radius 2 is 2.38 bits per heavy atom. The standard InChI is InChI=1S/C9H8N4O3/c1-3-5-4(12-11-3)2-10-6-7(9(14)15)13-16-8(5)6/h10H,2H2,1H3,(H,11,12)(H,14,15). The summed E-state index contributed by atoms with van der Waals surface area (Å²) in [6.07, 6.45) is 0. The number of carboxylic acid groups (broad SMARTS) is 1. The van der Waals surface area contributed by atoms with Gasteiger partial charge in [0.05, 0.1) is 17.8 Å². The molecule has 0 amide bonds. The van der Waals surface area contributed by atoms with Crippen LogP contribution in [0.15, 0.2) is 4.52 Å². The van der Waals surface area contributed by atoms with E-state index in [0.717, 1.165) is 17.0 Å². The van der Waals surface area contributed by atoms with Crippen LogP contribution < -0.4 is 5.32 Å². The van der Waals surface area contributed by atoms with Crippen molar-refractivity contribution < 1.29 is 14.4 Å². The number of hydrogen-bond acceptors (Lipinski definition) is 5. The second-order valence-electron chi connectivity index (χ2n) is 3.56. The molecule has 0 unspecified atom stereocenters. The zero-order valence-electron chi connectivity index (χ0n) is 8.37. The molecule has 7 heteroatoms. The number of fused-ring (bicyclic) bond motifs is 3. The van der Waals surface area contributed by atoms with E-state index in [4.69, 9.17) is 9.63 Å². The summed E-state index contributed by atoms with van der Waals surface area (Å²) in [5, 5.41) is 22.3. The fourth-order valence-electron chi connectivity index (χ4n) is 1.85. The number of carboxylic acids is 1. The number of rotatable bonds is 1. The maximum absolute atomic E-state index is 10.9. The number of aromatic amines is 1. The van der Waals surface area contributed by atoms with Crippen LogP contribution in [0.2, 0.25) is 0 Å². The molecular weight excluding hydrogens is 212 g/mol. The second kappa shape index (κ2) is 2.84. The summed E-state index contributed by atoms with van der Waals surface area (Å²) in [6.45, 7) is 2.32. The van der Waals surface area contributed by atoms with Crippen molar-refractivity contribution in [3.05, 3.63) is 17.1 Å². The first-order valence-corrected chi connectivity index (χ1v) is 4.69. The van der Waals surface area contributed by atoms with Gasteiger partial charge in [-0.1, -0.05) is 5.16 Å². The van der Waals surface area contributed by atoms with Gasteiger partial charge in [-0.25, -0.2) is 4.79 Å². The maximum atomic E-state index is 10.9. The van der Waals surface area contributed by atoms with Crippen molar-refractivity contribution in [3.63, 3.8) is 0 Å². The van der Waals surface area contributed by atoms with E-state index in [1.807, 2.05) is 6.92 Å². The highest BCUT2D eigenvalue weighted by atomic mass is 16.5. The summed E-state index contributed by atoms with van der Waals surface area (Å²) in [6, 6.07) is 0. The molecule has 3 N–H and O–H groups in total. The monoisotopic (exact) mass is 220 g/mol. The van der Waals surface area contributed by atoms with Crippen LogP contribution in [0.25, 0.3) is 11.3 Å². The SMILES string of the molecule is Cc1[nH]nc2c1-c1onc(C(=O)O)c1NC2. The van der Waals surface area contributed by atoms with Gasteiger partial charge >= 0.3 is 5.97 Å². The second-order valence-corrected chi connectivity index (χ2v) is 3.56. The Labute approximate surface area is 89.4 Å². The van der Waals surface area contributed by atoms with Gasteiger partial charge in [-0.3, -0.25) is 5.10 Å².